The number of nitrogens with zero attached hydrogens (tertiary/aromatic N) is 1. The molecule has 0 fully saturated rings. The Kier molecular flexibility index (Phi) is 2.51. The molecule has 0 aliphatic rings. The second-order valence-electron chi connectivity index (χ2n) is 3.40. The minimum absolute atomic E-state index is 0.304. The lowest BCUT2D eigenvalue weighted by Gasteiger charge is -1.94. The topological polar surface area (TPSA) is 83.0 Å². The number of nitrogens with one attached hydrogen (secondary N) is 1. The van der Waals surface area contributed by atoms with Crippen LogP contribution in [0.15, 0.2) is 4.79 Å². The molecule has 2 rings (SSSR count). The molecule has 0 bridgehead atoms. The Morgan fingerprint density at radius 3 is 2.81 bits per heavy atom. The molecular formula is C10H10N2O3S. The van der Waals surface area contributed by atoms with Crippen LogP contribution in [0.25, 0.3) is 10.2 Å². The molecule has 0 amide bonds. The largest absolute Gasteiger partial charge is 0.475 e. The molecule has 0 aliphatic heterocycles. The predicted molar refractivity (Wildman–Crippen MR) is 61.3 cm³/mol. The summed E-state index contributed by atoms with van der Waals surface area (Å²) in [5, 5.41) is 9.28. The van der Waals surface area contributed by atoms with E-state index in [2.05, 4.69) is 9.97 Å². The highest BCUT2D eigenvalue weighted by Gasteiger charge is 2.15. The molecule has 0 atom stereocenters. The van der Waals surface area contributed by atoms with Crippen LogP contribution >= 0.6 is 11.3 Å². The van der Waals surface area contributed by atoms with E-state index in [1.807, 2.05) is 13.8 Å². The summed E-state index contributed by atoms with van der Waals surface area (Å²) >= 11 is 1.38. The highest BCUT2D eigenvalue weighted by atomic mass is 32.1. The van der Waals surface area contributed by atoms with Gasteiger partial charge in [0, 0.05) is 4.88 Å². The monoisotopic (exact) mass is 238 g/mol. The number of hydrogen-bond acceptors (Lipinski definition) is 4. The minimum Gasteiger partial charge on any atom is -0.475 e. The van der Waals surface area contributed by atoms with Crippen LogP contribution in [0, 0.1) is 6.92 Å². The first-order valence-electron chi connectivity index (χ1n) is 4.80. The van der Waals surface area contributed by atoms with Gasteiger partial charge < -0.3 is 10.1 Å². The van der Waals surface area contributed by atoms with Crippen molar-refractivity contribution in [2.45, 2.75) is 20.3 Å². The van der Waals surface area contributed by atoms with Crippen molar-refractivity contribution in [1.29, 1.82) is 0 Å². The molecule has 0 aromatic carbocycles. The van der Waals surface area contributed by atoms with E-state index < -0.39 is 5.97 Å². The summed E-state index contributed by atoms with van der Waals surface area (Å²) < 4.78 is 0. The number of carboxylic acid groups (broad SMARTS) is 1. The van der Waals surface area contributed by atoms with Gasteiger partial charge in [0.1, 0.15) is 4.83 Å². The minimum atomic E-state index is -1.22. The van der Waals surface area contributed by atoms with Gasteiger partial charge in [-0.25, -0.2) is 9.78 Å². The van der Waals surface area contributed by atoms with E-state index in [0.717, 1.165) is 16.9 Å². The van der Waals surface area contributed by atoms with Crippen LogP contribution in [0.3, 0.4) is 0 Å². The number of carbonyl (C=O) groups is 1. The lowest BCUT2D eigenvalue weighted by molar-refractivity contribution is 0.0683. The van der Waals surface area contributed by atoms with Crippen molar-refractivity contribution in [3.63, 3.8) is 0 Å². The van der Waals surface area contributed by atoms with Crippen molar-refractivity contribution in [3.05, 3.63) is 26.6 Å². The van der Waals surface area contributed by atoms with E-state index >= 15 is 0 Å². The van der Waals surface area contributed by atoms with Gasteiger partial charge in [0.05, 0.1) is 5.39 Å². The summed E-state index contributed by atoms with van der Waals surface area (Å²) in [6.07, 6.45) is 0.814. The van der Waals surface area contributed by atoms with E-state index in [4.69, 9.17) is 5.11 Å². The highest BCUT2D eigenvalue weighted by Crippen LogP contribution is 2.26. The van der Waals surface area contributed by atoms with Gasteiger partial charge in [-0.3, -0.25) is 4.79 Å². The summed E-state index contributed by atoms with van der Waals surface area (Å²) in [6.45, 7) is 3.85. The third-order valence-corrected chi connectivity index (χ3v) is 3.75. The summed E-state index contributed by atoms with van der Waals surface area (Å²) in [7, 11) is 0. The summed E-state index contributed by atoms with van der Waals surface area (Å²) in [6, 6.07) is 0. The summed E-state index contributed by atoms with van der Waals surface area (Å²) in [5.74, 6) is -1.52. The number of aromatic amines is 1. The molecule has 0 radical (unpaired) electrons. The molecule has 2 heterocycles. The van der Waals surface area contributed by atoms with Crippen LogP contribution in [0.1, 0.15) is 28.0 Å². The van der Waals surface area contributed by atoms with Gasteiger partial charge in [-0.2, -0.15) is 0 Å². The number of hydrogen-bond donors (Lipinski definition) is 2. The number of thiophene rings is 1. The molecule has 5 nitrogen and oxygen atoms in total. The van der Waals surface area contributed by atoms with Crippen molar-refractivity contribution in [3.8, 4) is 0 Å². The normalized spacial score (nSPS) is 10.9. The molecule has 0 aliphatic carbocycles. The average molecular weight is 238 g/mol. The molecule has 0 spiro atoms. The van der Waals surface area contributed by atoms with Gasteiger partial charge in [-0.1, -0.05) is 6.92 Å². The first-order chi connectivity index (χ1) is 7.54. The number of fused-ring (bicyclic) bond motifs is 1. The predicted octanol–water partition coefficient (Wildman–Crippen LogP) is 1.55. The van der Waals surface area contributed by atoms with E-state index in [1.54, 1.807) is 0 Å². The fraction of sp³-hybridized carbons (Fsp3) is 0.300. The lowest BCUT2D eigenvalue weighted by atomic mass is 10.2. The zero-order valence-corrected chi connectivity index (χ0v) is 9.64. The van der Waals surface area contributed by atoms with E-state index in [9.17, 15) is 9.59 Å². The Labute approximate surface area is 94.8 Å². The van der Waals surface area contributed by atoms with E-state index in [-0.39, 0.29) is 11.4 Å². The molecule has 16 heavy (non-hydrogen) atoms. The number of rotatable bonds is 2. The standard InChI is InChI=1S/C10H10N2O3S/c1-3-5-4(2)6-8(13)11-7(10(14)15)12-9(6)16-5/h3H2,1-2H3,(H,14,15)(H,11,12,13). The maximum absolute atomic E-state index is 11.7. The highest BCUT2D eigenvalue weighted by molar-refractivity contribution is 7.18. The molecule has 0 unspecified atom stereocenters. The SMILES string of the molecule is CCc1sc2nc(C(=O)O)[nH]c(=O)c2c1C. The molecule has 0 saturated carbocycles. The molecule has 84 valence electrons. The molecule has 6 heteroatoms. The maximum atomic E-state index is 11.7. The van der Waals surface area contributed by atoms with Crippen molar-refractivity contribution in [2.24, 2.45) is 0 Å². The fourth-order valence-corrected chi connectivity index (χ4v) is 2.75. The van der Waals surface area contributed by atoms with E-state index in [0.29, 0.717) is 10.2 Å². The summed E-state index contributed by atoms with van der Waals surface area (Å²) in [5.41, 5.74) is 0.518. The molecule has 2 aromatic rings. The van der Waals surface area contributed by atoms with Crippen molar-refractivity contribution in [2.75, 3.05) is 0 Å². The quantitative estimate of drug-likeness (QED) is 0.831. The third-order valence-electron chi connectivity index (χ3n) is 2.42. The van der Waals surface area contributed by atoms with E-state index in [1.165, 1.54) is 11.3 Å². The third kappa shape index (κ3) is 1.51. The van der Waals surface area contributed by atoms with Crippen LogP contribution in [-0.2, 0) is 6.42 Å². The Balaban J connectivity index is 2.84. The Morgan fingerprint density at radius 2 is 2.25 bits per heavy atom. The van der Waals surface area contributed by atoms with Crippen LogP contribution in [0.2, 0.25) is 0 Å². The second kappa shape index (κ2) is 3.71. The van der Waals surface area contributed by atoms with Gasteiger partial charge in [0.25, 0.3) is 5.56 Å². The van der Waals surface area contributed by atoms with Crippen molar-refractivity contribution < 1.29 is 9.90 Å². The first kappa shape index (κ1) is 10.8. The molecule has 0 saturated heterocycles. The van der Waals surface area contributed by atoms with Crippen LogP contribution in [0.4, 0.5) is 0 Å². The maximum Gasteiger partial charge on any atom is 0.372 e. The van der Waals surface area contributed by atoms with Gasteiger partial charge >= 0.3 is 5.97 Å². The first-order valence-corrected chi connectivity index (χ1v) is 5.61. The van der Waals surface area contributed by atoms with Crippen molar-refractivity contribution >= 4 is 27.5 Å². The van der Waals surface area contributed by atoms with Gasteiger partial charge in [0.2, 0.25) is 5.82 Å². The Bertz CT molecular complexity index is 627. The number of aryl methyl sites for hydroxylation is 2. The van der Waals surface area contributed by atoms with Crippen LogP contribution in [0.5, 0.6) is 0 Å². The zero-order chi connectivity index (χ0) is 11.9. The smallest absolute Gasteiger partial charge is 0.372 e. The van der Waals surface area contributed by atoms with Crippen LogP contribution < -0.4 is 5.56 Å². The average Bonchev–Trinajstić information content (AvgIpc) is 2.55. The number of carboxylic acids is 1. The number of H-pyrrole nitrogens is 1. The number of aromatic carboxylic acids is 1. The van der Waals surface area contributed by atoms with Crippen molar-refractivity contribution in [1.82, 2.24) is 9.97 Å². The fourth-order valence-electron chi connectivity index (χ4n) is 1.63. The molecule has 2 N–H and O–H groups in total. The molecule has 2 aromatic heterocycles. The van der Waals surface area contributed by atoms with Gasteiger partial charge in [0.15, 0.2) is 0 Å². The lowest BCUT2D eigenvalue weighted by Crippen LogP contribution is -2.15. The summed E-state index contributed by atoms with van der Waals surface area (Å²) in [4.78, 5) is 30.2. The Morgan fingerprint density at radius 1 is 1.56 bits per heavy atom. The second-order valence-corrected chi connectivity index (χ2v) is 4.49. The van der Waals surface area contributed by atoms with Gasteiger partial charge in [-0.05, 0) is 18.9 Å². The number of aromatic nitrogens is 2. The van der Waals surface area contributed by atoms with Crippen LogP contribution in [-0.4, -0.2) is 21.0 Å². The molecular weight excluding hydrogens is 228 g/mol. The van der Waals surface area contributed by atoms with Gasteiger partial charge in [-0.15, -0.1) is 11.3 Å². The Hall–Kier alpha value is -1.69. The zero-order valence-electron chi connectivity index (χ0n) is 8.83.